The molecule has 1 aliphatic rings. The number of pyridine rings is 1. The van der Waals surface area contributed by atoms with Crippen molar-refractivity contribution in [2.75, 3.05) is 36.5 Å². The number of aromatic nitrogens is 1. The van der Waals surface area contributed by atoms with Crippen molar-refractivity contribution in [3.8, 4) is 5.75 Å². The predicted octanol–water partition coefficient (Wildman–Crippen LogP) is 2.64. The molecule has 1 fully saturated rings. The van der Waals surface area contributed by atoms with Gasteiger partial charge in [0, 0.05) is 18.7 Å². The van der Waals surface area contributed by atoms with Crippen molar-refractivity contribution >= 4 is 33.3 Å². The van der Waals surface area contributed by atoms with Crippen molar-refractivity contribution in [1.29, 1.82) is 0 Å². The van der Waals surface area contributed by atoms with Gasteiger partial charge in [0.2, 0.25) is 0 Å². The summed E-state index contributed by atoms with van der Waals surface area (Å²) in [5, 5.41) is 12.4. The molecule has 1 aromatic carbocycles. The lowest BCUT2D eigenvalue weighted by Crippen LogP contribution is -2.36. The molecule has 7 heteroatoms. The zero-order valence-electron chi connectivity index (χ0n) is 12.3. The lowest BCUT2D eigenvalue weighted by molar-refractivity contribution is 0.102. The van der Waals surface area contributed by atoms with Gasteiger partial charge in [-0.25, -0.2) is 4.98 Å². The van der Waals surface area contributed by atoms with E-state index < -0.39 is 0 Å². The second-order valence-electron chi connectivity index (χ2n) is 5.12. The molecule has 2 heterocycles. The summed E-state index contributed by atoms with van der Waals surface area (Å²) in [7, 11) is 0. The Morgan fingerprint density at radius 3 is 2.70 bits per heavy atom. The number of halogens is 1. The van der Waals surface area contributed by atoms with E-state index in [9.17, 15) is 9.90 Å². The van der Waals surface area contributed by atoms with E-state index >= 15 is 0 Å². The quantitative estimate of drug-likeness (QED) is 0.859. The number of carbonyl (C=O) groups excluding carboxylic acids is 1. The Morgan fingerprint density at radius 1 is 1.26 bits per heavy atom. The van der Waals surface area contributed by atoms with Crippen molar-refractivity contribution in [1.82, 2.24) is 4.98 Å². The molecular weight excluding hydrogens is 362 g/mol. The maximum Gasteiger partial charge on any atom is 0.255 e. The molecule has 1 saturated heterocycles. The van der Waals surface area contributed by atoms with E-state index in [1.807, 2.05) is 12.1 Å². The number of ether oxygens (including phenoxy) is 1. The third-order valence-electron chi connectivity index (χ3n) is 3.55. The fourth-order valence-corrected chi connectivity index (χ4v) is 2.54. The van der Waals surface area contributed by atoms with Gasteiger partial charge in [-0.2, -0.15) is 0 Å². The molecule has 0 spiro atoms. The molecule has 120 valence electrons. The molecule has 0 saturated carbocycles. The molecule has 0 bridgehead atoms. The Kier molecular flexibility index (Phi) is 4.78. The van der Waals surface area contributed by atoms with Crippen molar-refractivity contribution in [3.63, 3.8) is 0 Å². The standard InChI is InChI=1S/C16H16BrN3O3/c17-13-3-1-11(9-14(13)21)16(22)19-12-2-4-15(18-10-12)20-5-7-23-8-6-20/h1-4,9-10,21H,5-8H2,(H,19,22). The van der Waals surface area contributed by atoms with Gasteiger partial charge < -0.3 is 20.1 Å². The maximum absolute atomic E-state index is 12.2. The molecule has 2 N–H and O–H groups in total. The molecule has 3 rings (SSSR count). The fourth-order valence-electron chi connectivity index (χ4n) is 2.30. The van der Waals surface area contributed by atoms with Crippen LogP contribution in [0.25, 0.3) is 0 Å². The summed E-state index contributed by atoms with van der Waals surface area (Å²) >= 11 is 3.19. The average molecular weight is 378 g/mol. The summed E-state index contributed by atoms with van der Waals surface area (Å²) in [6, 6.07) is 8.36. The average Bonchev–Trinajstić information content (AvgIpc) is 2.59. The highest BCUT2D eigenvalue weighted by Gasteiger charge is 2.13. The van der Waals surface area contributed by atoms with Gasteiger partial charge in [-0.3, -0.25) is 4.79 Å². The maximum atomic E-state index is 12.2. The van der Waals surface area contributed by atoms with E-state index in [-0.39, 0.29) is 11.7 Å². The number of rotatable bonds is 3. The number of phenols is 1. The van der Waals surface area contributed by atoms with Gasteiger partial charge in [0.1, 0.15) is 11.6 Å². The Balaban J connectivity index is 1.67. The smallest absolute Gasteiger partial charge is 0.255 e. The molecule has 23 heavy (non-hydrogen) atoms. The molecule has 1 aromatic heterocycles. The predicted molar refractivity (Wildman–Crippen MR) is 91.0 cm³/mol. The number of aromatic hydroxyl groups is 1. The van der Waals surface area contributed by atoms with Crippen LogP contribution >= 0.6 is 15.9 Å². The van der Waals surface area contributed by atoms with Crippen molar-refractivity contribution < 1.29 is 14.6 Å². The lowest BCUT2D eigenvalue weighted by atomic mass is 10.2. The monoisotopic (exact) mass is 377 g/mol. The van der Waals surface area contributed by atoms with Gasteiger partial charge in [0.15, 0.2) is 0 Å². The van der Waals surface area contributed by atoms with Gasteiger partial charge in [0.25, 0.3) is 5.91 Å². The summed E-state index contributed by atoms with van der Waals surface area (Å²) in [5.74, 6) is 0.597. The van der Waals surface area contributed by atoms with E-state index in [0.29, 0.717) is 28.9 Å². The van der Waals surface area contributed by atoms with Crippen LogP contribution in [0.3, 0.4) is 0 Å². The molecule has 0 atom stereocenters. The molecule has 1 aliphatic heterocycles. The van der Waals surface area contributed by atoms with Crippen molar-refractivity contribution in [2.45, 2.75) is 0 Å². The van der Waals surface area contributed by atoms with Crippen LogP contribution in [0, 0.1) is 0 Å². The fraction of sp³-hybridized carbons (Fsp3) is 0.250. The van der Waals surface area contributed by atoms with Crippen LogP contribution in [0.2, 0.25) is 0 Å². The molecule has 0 unspecified atom stereocenters. The van der Waals surface area contributed by atoms with Gasteiger partial charge in [-0.05, 0) is 46.3 Å². The van der Waals surface area contributed by atoms with Crippen LogP contribution in [0.4, 0.5) is 11.5 Å². The van der Waals surface area contributed by atoms with Gasteiger partial charge >= 0.3 is 0 Å². The molecular formula is C16H16BrN3O3. The van der Waals surface area contributed by atoms with E-state index in [0.717, 1.165) is 18.9 Å². The molecule has 0 aliphatic carbocycles. The minimum absolute atomic E-state index is 0.0263. The first-order valence-corrected chi connectivity index (χ1v) is 8.01. The van der Waals surface area contributed by atoms with Gasteiger partial charge in [0.05, 0.1) is 29.6 Å². The largest absolute Gasteiger partial charge is 0.507 e. The van der Waals surface area contributed by atoms with E-state index in [1.165, 1.54) is 6.07 Å². The SMILES string of the molecule is O=C(Nc1ccc(N2CCOCC2)nc1)c1ccc(Br)c(O)c1. The number of benzene rings is 1. The van der Waals surface area contributed by atoms with E-state index in [2.05, 4.69) is 31.1 Å². The van der Waals surface area contributed by atoms with Crippen LogP contribution in [0.15, 0.2) is 41.0 Å². The van der Waals surface area contributed by atoms with Gasteiger partial charge in [-0.15, -0.1) is 0 Å². The number of nitrogens with zero attached hydrogens (tertiary/aromatic N) is 2. The number of carbonyl (C=O) groups is 1. The minimum Gasteiger partial charge on any atom is -0.507 e. The van der Waals surface area contributed by atoms with Crippen LogP contribution in [0.5, 0.6) is 5.75 Å². The number of amides is 1. The highest BCUT2D eigenvalue weighted by atomic mass is 79.9. The Morgan fingerprint density at radius 2 is 2.04 bits per heavy atom. The Hall–Kier alpha value is -2.12. The van der Waals surface area contributed by atoms with Crippen LogP contribution < -0.4 is 10.2 Å². The first-order valence-electron chi connectivity index (χ1n) is 7.22. The summed E-state index contributed by atoms with van der Waals surface area (Å²) in [6.45, 7) is 3.04. The molecule has 0 radical (unpaired) electrons. The number of hydrogen-bond acceptors (Lipinski definition) is 5. The third kappa shape index (κ3) is 3.80. The summed E-state index contributed by atoms with van der Waals surface area (Å²) < 4.78 is 5.86. The van der Waals surface area contributed by atoms with E-state index in [4.69, 9.17) is 4.74 Å². The summed E-state index contributed by atoms with van der Waals surface area (Å²) in [6.07, 6.45) is 1.63. The topological polar surface area (TPSA) is 74.7 Å². The number of anilines is 2. The zero-order chi connectivity index (χ0) is 16.2. The van der Waals surface area contributed by atoms with E-state index in [1.54, 1.807) is 18.3 Å². The lowest BCUT2D eigenvalue weighted by Gasteiger charge is -2.27. The summed E-state index contributed by atoms with van der Waals surface area (Å²) in [5.41, 5.74) is 0.984. The Bertz CT molecular complexity index is 700. The Labute approximate surface area is 142 Å². The number of nitrogens with one attached hydrogen (secondary N) is 1. The zero-order valence-corrected chi connectivity index (χ0v) is 13.9. The van der Waals surface area contributed by atoms with Crippen molar-refractivity contribution in [2.24, 2.45) is 0 Å². The number of hydrogen-bond donors (Lipinski definition) is 2. The second kappa shape index (κ2) is 6.97. The van der Waals surface area contributed by atoms with Gasteiger partial charge in [-0.1, -0.05) is 0 Å². The minimum atomic E-state index is -0.297. The highest BCUT2D eigenvalue weighted by molar-refractivity contribution is 9.10. The van der Waals surface area contributed by atoms with Crippen LogP contribution in [-0.2, 0) is 4.74 Å². The first-order chi connectivity index (χ1) is 11.1. The highest BCUT2D eigenvalue weighted by Crippen LogP contribution is 2.25. The summed E-state index contributed by atoms with van der Waals surface area (Å²) in [4.78, 5) is 18.7. The first kappa shape index (κ1) is 15.8. The third-order valence-corrected chi connectivity index (χ3v) is 4.22. The molecule has 2 aromatic rings. The van der Waals surface area contributed by atoms with Crippen LogP contribution in [-0.4, -0.2) is 42.3 Å². The molecule has 6 nitrogen and oxygen atoms in total. The number of morpholine rings is 1. The normalized spacial score (nSPS) is 14.6. The van der Waals surface area contributed by atoms with Crippen LogP contribution in [0.1, 0.15) is 10.4 Å². The number of phenolic OH excluding ortho intramolecular Hbond substituents is 1. The second-order valence-corrected chi connectivity index (χ2v) is 5.98. The molecule has 1 amide bonds. The van der Waals surface area contributed by atoms with Crippen molar-refractivity contribution in [3.05, 3.63) is 46.6 Å².